The van der Waals surface area contributed by atoms with Gasteiger partial charge in [0.1, 0.15) is 0 Å². The summed E-state index contributed by atoms with van der Waals surface area (Å²) in [4.78, 5) is 13.2. The van der Waals surface area contributed by atoms with Gasteiger partial charge in [0.25, 0.3) is 0 Å². The number of primary amides is 1. The van der Waals surface area contributed by atoms with Crippen molar-refractivity contribution in [1.82, 2.24) is 10.2 Å². The van der Waals surface area contributed by atoms with Crippen LogP contribution in [0.4, 0.5) is 0 Å². The first kappa shape index (κ1) is 12.4. The maximum absolute atomic E-state index is 11.1. The fourth-order valence-electron chi connectivity index (χ4n) is 0.944. The van der Waals surface area contributed by atoms with E-state index < -0.39 is 5.54 Å². The van der Waals surface area contributed by atoms with Gasteiger partial charge in [0, 0.05) is 6.54 Å². The highest BCUT2D eigenvalue weighted by Crippen LogP contribution is 2.08. The first-order chi connectivity index (χ1) is 5.96. The molecule has 0 spiro atoms. The van der Waals surface area contributed by atoms with E-state index in [2.05, 4.69) is 17.1 Å². The molecule has 0 aromatic heterocycles. The van der Waals surface area contributed by atoms with E-state index >= 15 is 0 Å². The molecule has 0 rings (SSSR count). The number of hydrogen-bond acceptors (Lipinski definition) is 3. The van der Waals surface area contributed by atoms with Gasteiger partial charge in [-0.1, -0.05) is 6.92 Å². The van der Waals surface area contributed by atoms with Crippen LogP contribution in [-0.4, -0.2) is 43.5 Å². The molecule has 1 amide bonds. The first-order valence-corrected chi connectivity index (χ1v) is 4.63. The molecule has 0 saturated heterocycles. The second-order valence-electron chi connectivity index (χ2n) is 3.59. The Labute approximate surface area is 80.5 Å². The Morgan fingerprint density at radius 2 is 2.15 bits per heavy atom. The fraction of sp³-hybridized carbons (Fsp3) is 0.889. The highest BCUT2D eigenvalue weighted by molar-refractivity contribution is 5.84. The summed E-state index contributed by atoms with van der Waals surface area (Å²) in [5.41, 5.74) is 4.71. The van der Waals surface area contributed by atoms with E-state index in [1.807, 2.05) is 14.0 Å². The van der Waals surface area contributed by atoms with Gasteiger partial charge in [-0.3, -0.25) is 4.79 Å². The van der Waals surface area contributed by atoms with Crippen LogP contribution >= 0.6 is 0 Å². The summed E-state index contributed by atoms with van der Waals surface area (Å²) >= 11 is 0. The lowest BCUT2D eigenvalue weighted by Gasteiger charge is -2.27. The highest BCUT2D eigenvalue weighted by atomic mass is 16.1. The summed E-state index contributed by atoms with van der Waals surface area (Å²) in [7, 11) is 3.79. The van der Waals surface area contributed by atoms with Crippen LogP contribution in [0.1, 0.15) is 20.3 Å². The average molecular weight is 187 g/mol. The molecule has 1 unspecified atom stereocenters. The van der Waals surface area contributed by atoms with Crippen LogP contribution in [0.15, 0.2) is 0 Å². The lowest BCUT2D eigenvalue weighted by molar-refractivity contribution is -0.124. The van der Waals surface area contributed by atoms with Crippen molar-refractivity contribution in [3.8, 4) is 0 Å². The van der Waals surface area contributed by atoms with Gasteiger partial charge in [0.15, 0.2) is 0 Å². The summed E-state index contributed by atoms with van der Waals surface area (Å²) < 4.78 is 0. The van der Waals surface area contributed by atoms with E-state index in [9.17, 15) is 4.79 Å². The monoisotopic (exact) mass is 187 g/mol. The van der Waals surface area contributed by atoms with E-state index in [1.54, 1.807) is 7.05 Å². The summed E-state index contributed by atoms with van der Waals surface area (Å²) in [6.07, 6.45) is 0.739. The second kappa shape index (κ2) is 5.19. The predicted molar refractivity (Wildman–Crippen MR) is 54.4 cm³/mol. The molecule has 4 nitrogen and oxygen atoms in total. The molecule has 0 aliphatic heterocycles. The molecule has 0 aromatic rings. The molecule has 3 N–H and O–H groups in total. The van der Waals surface area contributed by atoms with Crippen molar-refractivity contribution in [2.45, 2.75) is 25.8 Å². The molecule has 0 aliphatic carbocycles. The Morgan fingerprint density at radius 3 is 2.46 bits per heavy atom. The quantitative estimate of drug-likeness (QED) is 0.605. The molecular weight excluding hydrogens is 166 g/mol. The van der Waals surface area contributed by atoms with Gasteiger partial charge in [0.2, 0.25) is 5.91 Å². The van der Waals surface area contributed by atoms with Crippen molar-refractivity contribution in [3.63, 3.8) is 0 Å². The van der Waals surface area contributed by atoms with Crippen LogP contribution in [0.5, 0.6) is 0 Å². The van der Waals surface area contributed by atoms with Crippen molar-refractivity contribution in [2.24, 2.45) is 5.73 Å². The first-order valence-electron chi connectivity index (χ1n) is 4.63. The highest BCUT2D eigenvalue weighted by Gasteiger charge is 2.28. The van der Waals surface area contributed by atoms with Crippen LogP contribution < -0.4 is 11.1 Å². The Bertz CT molecular complexity index is 172. The van der Waals surface area contributed by atoms with Crippen LogP contribution in [0.25, 0.3) is 0 Å². The van der Waals surface area contributed by atoms with Gasteiger partial charge in [-0.15, -0.1) is 0 Å². The minimum absolute atomic E-state index is 0.292. The molecule has 0 aliphatic rings. The summed E-state index contributed by atoms with van der Waals surface area (Å²) in [6, 6.07) is 0. The second-order valence-corrected chi connectivity index (χ2v) is 3.59. The number of nitrogens with zero attached hydrogens (tertiary/aromatic N) is 1. The number of nitrogens with two attached hydrogens (primary N) is 1. The molecular formula is C9H21N3O. The Hall–Kier alpha value is -0.610. The smallest absolute Gasteiger partial charge is 0.237 e. The number of hydrogen-bond donors (Lipinski definition) is 2. The molecule has 4 heteroatoms. The molecule has 0 saturated carbocycles. The third-order valence-electron chi connectivity index (χ3n) is 2.63. The van der Waals surface area contributed by atoms with Crippen LogP contribution in [0.3, 0.4) is 0 Å². The number of carbonyl (C=O) groups is 1. The molecule has 1 atom stereocenters. The molecule has 0 bridgehead atoms. The lowest BCUT2D eigenvalue weighted by atomic mass is 9.97. The zero-order valence-electron chi connectivity index (χ0n) is 9.05. The number of carbonyl (C=O) groups excluding carboxylic acids is 1. The number of rotatable bonds is 6. The largest absolute Gasteiger partial charge is 0.368 e. The summed E-state index contributed by atoms with van der Waals surface area (Å²) in [5.74, 6) is -0.292. The van der Waals surface area contributed by atoms with Gasteiger partial charge >= 0.3 is 0 Å². The predicted octanol–water partition coefficient (Wildman–Crippen LogP) is -0.208. The standard InChI is InChI=1S/C9H21N3O/c1-5-12(4)7-6-9(2,11-3)8(10)13/h11H,5-7H2,1-4H3,(H2,10,13). The normalized spacial score (nSPS) is 15.8. The SMILES string of the molecule is CCN(C)CCC(C)(NC)C(N)=O. The molecule has 0 radical (unpaired) electrons. The van der Waals surface area contributed by atoms with Crippen molar-refractivity contribution < 1.29 is 4.79 Å². The molecule has 0 aromatic carbocycles. The topological polar surface area (TPSA) is 58.4 Å². The Balaban J connectivity index is 4.05. The average Bonchev–Trinajstić information content (AvgIpc) is 2.13. The molecule has 0 heterocycles. The van der Waals surface area contributed by atoms with Crippen molar-refractivity contribution in [2.75, 3.05) is 27.2 Å². The van der Waals surface area contributed by atoms with Crippen molar-refractivity contribution >= 4 is 5.91 Å². The van der Waals surface area contributed by atoms with Gasteiger partial charge in [-0.05, 0) is 34.0 Å². The van der Waals surface area contributed by atoms with E-state index in [1.165, 1.54) is 0 Å². The van der Waals surface area contributed by atoms with Crippen LogP contribution in [-0.2, 0) is 4.79 Å². The van der Waals surface area contributed by atoms with E-state index in [0.29, 0.717) is 0 Å². The molecule has 0 fully saturated rings. The van der Waals surface area contributed by atoms with Crippen molar-refractivity contribution in [1.29, 1.82) is 0 Å². The lowest BCUT2D eigenvalue weighted by Crippen LogP contribution is -2.52. The van der Waals surface area contributed by atoms with Crippen LogP contribution in [0, 0.1) is 0 Å². The van der Waals surface area contributed by atoms with Gasteiger partial charge in [0.05, 0.1) is 5.54 Å². The van der Waals surface area contributed by atoms with Crippen molar-refractivity contribution in [3.05, 3.63) is 0 Å². The Morgan fingerprint density at radius 1 is 1.62 bits per heavy atom. The van der Waals surface area contributed by atoms with E-state index in [-0.39, 0.29) is 5.91 Å². The van der Waals surface area contributed by atoms with E-state index in [0.717, 1.165) is 19.5 Å². The van der Waals surface area contributed by atoms with Gasteiger partial charge < -0.3 is 16.0 Å². The third kappa shape index (κ3) is 3.74. The Kier molecular flexibility index (Phi) is 4.95. The third-order valence-corrected chi connectivity index (χ3v) is 2.63. The number of likely N-dealkylation sites (N-methyl/N-ethyl adjacent to an activating group) is 1. The van der Waals surface area contributed by atoms with Gasteiger partial charge in [-0.2, -0.15) is 0 Å². The number of nitrogens with one attached hydrogen (secondary N) is 1. The van der Waals surface area contributed by atoms with Crippen LogP contribution in [0.2, 0.25) is 0 Å². The zero-order chi connectivity index (χ0) is 10.5. The summed E-state index contributed by atoms with van der Waals surface area (Å²) in [5, 5.41) is 2.96. The molecule has 78 valence electrons. The van der Waals surface area contributed by atoms with Gasteiger partial charge in [-0.25, -0.2) is 0 Å². The minimum Gasteiger partial charge on any atom is -0.368 e. The fourth-order valence-corrected chi connectivity index (χ4v) is 0.944. The molecule has 13 heavy (non-hydrogen) atoms. The minimum atomic E-state index is -0.580. The maximum Gasteiger partial charge on any atom is 0.237 e. The zero-order valence-corrected chi connectivity index (χ0v) is 9.05. The number of amides is 1. The summed E-state index contributed by atoms with van der Waals surface area (Å²) in [6.45, 7) is 5.77. The van der Waals surface area contributed by atoms with E-state index in [4.69, 9.17) is 5.73 Å². The maximum atomic E-state index is 11.1.